The highest BCUT2D eigenvalue weighted by Gasteiger charge is 2.13. The average Bonchev–Trinajstić information content (AvgIpc) is 2.87. The highest BCUT2D eigenvalue weighted by atomic mass is 79.9. The Bertz CT molecular complexity index is 597. The van der Waals surface area contributed by atoms with Crippen molar-refractivity contribution in [1.82, 2.24) is 9.13 Å². The molecule has 2 aromatic heterocycles. The Hall–Kier alpha value is -1.14. The van der Waals surface area contributed by atoms with Crippen LogP contribution in [0.1, 0.15) is 16.6 Å². The Labute approximate surface area is 111 Å². The van der Waals surface area contributed by atoms with Gasteiger partial charge in [0.2, 0.25) is 0 Å². The lowest BCUT2D eigenvalue weighted by molar-refractivity contribution is 0.0974. The first kappa shape index (κ1) is 12.3. The SMILES string of the molecule is CCn1ccn(CC(=O)c2sccc2Br)c1=O. The van der Waals surface area contributed by atoms with E-state index in [1.165, 1.54) is 15.9 Å². The lowest BCUT2D eigenvalue weighted by atomic mass is 10.3. The summed E-state index contributed by atoms with van der Waals surface area (Å²) < 4.78 is 3.78. The molecule has 0 radical (unpaired) electrons. The number of Topliss-reactive ketones (excluding diaryl/α,β-unsaturated/α-hetero) is 1. The Morgan fingerprint density at radius 1 is 1.41 bits per heavy atom. The first-order valence-electron chi connectivity index (χ1n) is 5.15. The Morgan fingerprint density at radius 3 is 2.65 bits per heavy atom. The van der Waals surface area contributed by atoms with Gasteiger partial charge in [0.05, 0.1) is 11.4 Å². The standard InChI is InChI=1S/C11H11BrN2O2S/c1-2-13-4-5-14(11(13)16)7-9(15)10-8(12)3-6-17-10/h3-6H,2,7H2,1H3. The second-order valence-electron chi connectivity index (χ2n) is 3.52. The number of rotatable bonds is 4. The van der Waals surface area contributed by atoms with Gasteiger partial charge in [-0.15, -0.1) is 11.3 Å². The summed E-state index contributed by atoms with van der Waals surface area (Å²) in [4.78, 5) is 24.4. The summed E-state index contributed by atoms with van der Waals surface area (Å²) in [6, 6.07) is 1.83. The van der Waals surface area contributed by atoms with E-state index >= 15 is 0 Å². The van der Waals surface area contributed by atoms with Crippen molar-refractivity contribution in [3.63, 3.8) is 0 Å². The molecule has 0 spiro atoms. The first-order chi connectivity index (χ1) is 8.13. The topological polar surface area (TPSA) is 44.0 Å². The molecule has 0 aromatic carbocycles. The van der Waals surface area contributed by atoms with E-state index in [1.807, 2.05) is 18.4 Å². The van der Waals surface area contributed by atoms with Crippen molar-refractivity contribution in [3.8, 4) is 0 Å². The second kappa shape index (κ2) is 5.01. The highest BCUT2D eigenvalue weighted by Crippen LogP contribution is 2.23. The van der Waals surface area contributed by atoms with Crippen LogP contribution in [0.3, 0.4) is 0 Å². The van der Waals surface area contributed by atoms with Crippen molar-refractivity contribution in [3.05, 3.63) is 43.7 Å². The van der Waals surface area contributed by atoms with Crippen LogP contribution in [0, 0.1) is 0 Å². The van der Waals surface area contributed by atoms with Crippen molar-refractivity contribution < 1.29 is 4.79 Å². The van der Waals surface area contributed by atoms with Crippen LogP contribution in [0.25, 0.3) is 0 Å². The minimum absolute atomic E-state index is 0.0529. The molecule has 0 saturated heterocycles. The number of hydrogen-bond donors (Lipinski definition) is 0. The van der Waals surface area contributed by atoms with Gasteiger partial charge in [0, 0.05) is 23.4 Å². The monoisotopic (exact) mass is 314 g/mol. The van der Waals surface area contributed by atoms with Crippen molar-refractivity contribution in [2.24, 2.45) is 0 Å². The summed E-state index contributed by atoms with van der Waals surface area (Å²) in [5.74, 6) is -0.0529. The molecule has 0 fully saturated rings. The Kier molecular flexibility index (Phi) is 3.63. The largest absolute Gasteiger partial charge is 0.328 e. The van der Waals surface area contributed by atoms with Gasteiger partial charge in [-0.3, -0.25) is 13.9 Å². The van der Waals surface area contributed by atoms with Gasteiger partial charge in [-0.2, -0.15) is 0 Å². The van der Waals surface area contributed by atoms with Gasteiger partial charge in [-0.25, -0.2) is 4.79 Å². The third-order valence-electron chi connectivity index (χ3n) is 2.44. The second-order valence-corrected chi connectivity index (χ2v) is 5.29. The van der Waals surface area contributed by atoms with Crippen LogP contribution in [0.15, 0.2) is 33.1 Å². The highest BCUT2D eigenvalue weighted by molar-refractivity contribution is 9.10. The number of thiophene rings is 1. The van der Waals surface area contributed by atoms with Crippen molar-refractivity contribution in [2.45, 2.75) is 20.0 Å². The Balaban J connectivity index is 2.22. The number of halogens is 1. The van der Waals surface area contributed by atoms with Crippen LogP contribution < -0.4 is 5.69 Å². The molecular formula is C11H11BrN2O2S. The molecule has 17 heavy (non-hydrogen) atoms. The fraction of sp³-hybridized carbons (Fsp3) is 0.273. The number of aryl methyl sites for hydroxylation is 1. The molecule has 0 aliphatic carbocycles. The first-order valence-corrected chi connectivity index (χ1v) is 6.82. The molecule has 90 valence electrons. The molecule has 0 aliphatic heterocycles. The molecule has 0 unspecified atom stereocenters. The van der Waals surface area contributed by atoms with E-state index in [1.54, 1.807) is 17.0 Å². The molecule has 0 atom stereocenters. The molecule has 0 saturated carbocycles. The number of nitrogens with zero attached hydrogens (tertiary/aromatic N) is 2. The third-order valence-corrected chi connectivity index (χ3v) is 4.32. The normalized spacial score (nSPS) is 10.7. The summed E-state index contributed by atoms with van der Waals surface area (Å²) in [5.41, 5.74) is -0.145. The summed E-state index contributed by atoms with van der Waals surface area (Å²) in [5, 5.41) is 1.84. The summed E-state index contributed by atoms with van der Waals surface area (Å²) in [6.07, 6.45) is 3.34. The molecule has 0 bridgehead atoms. The van der Waals surface area contributed by atoms with Gasteiger partial charge in [0.1, 0.15) is 0 Å². The summed E-state index contributed by atoms with van der Waals surface area (Å²) in [6.45, 7) is 2.59. The lowest BCUT2D eigenvalue weighted by Gasteiger charge is -2.00. The van der Waals surface area contributed by atoms with E-state index in [9.17, 15) is 9.59 Å². The van der Waals surface area contributed by atoms with Crippen LogP contribution in [0.5, 0.6) is 0 Å². The van der Waals surface area contributed by atoms with Crippen LogP contribution in [0.2, 0.25) is 0 Å². The molecule has 0 N–H and O–H groups in total. The smallest absolute Gasteiger partial charge is 0.300 e. The fourth-order valence-electron chi connectivity index (χ4n) is 1.53. The summed E-state index contributed by atoms with van der Waals surface area (Å²) in [7, 11) is 0. The van der Waals surface area contributed by atoms with E-state index in [-0.39, 0.29) is 18.0 Å². The zero-order valence-corrected chi connectivity index (χ0v) is 11.6. The van der Waals surface area contributed by atoms with Crippen molar-refractivity contribution in [1.29, 1.82) is 0 Å². The predicted molar refractivity (Wildman–Crippen MR) is 70.7 cm³/mol. The zero-order valence-electron chi connectivity index (χ0n) is 9.22. The molecule has 6 heteroatoms. The molecule has 2 heterocycles. The van der Waals surface area contributed by atoms with Gasteiger partial charge < -0.3 is 0 Å². The maximum absolute atomic E-state index is 12.0. The molecule has 2 rings (SSSR count). The van der Waals surface area contributed by atoms with Crippen LogP contribution >= 0.6 is 27.3 Å². The van der Waals surface area contributed by atoms with Gasteiger partial charge in [-0.05, 0) is 34.3 Å². The predicted octanol–water partition coefficient (Wildman–Crippen LogP) is 2.38. The fourth-order valence-corrected chi connectivity index (χ4v) is 3.06. The lowest BCUT2D eigenvalue weighted by Crippen LogP contribution is -2.26. The van der Waals surface area contributed by atoms with Crippen LogP contribution in [-0.2, 0) is 13.1 Å². The maximum atomic E-state index is 12.0. The van der Waals surface area contributed by atoms with E-state index in [0.29, 0.717) is 11.4 Å². The number of hydrogen-bond acceptors (Lipinski definition) is 3. The quantitative estimate of drug-likeness (QED) is 0.813. The number of imidazole rings is 1. The number of ketones is 1. The Morgan fingerprint density at radius 2 is 2.12 bits per heavy atom. The van der Waals surface area contributed by atoms with Crippen molar-refractivity contribution in [2.75, 3.05) is 0 Å². The minimum Gasteiger partial charge on any atom is -0.300 e. The zero-order chi connectivity index (χ0) is 12.4. The third kappa shape index (κ3) is 2.42. The van der Waals surface area contributed by atoms with E-state index in [2.05, 4.69) is 15.9 Å². The van der Waals surface area contributed by atoms with Crippen molar-refractivity contribution >= 4 is 33.0 Å². The number of carbonyl (C=O) groups is 1. The molecule has 2 aromatic rings. The van der Waals surface area contributed by atoms with Gasteiger partial charge >= 0.3 is 5.69 Å². The molecule has 0 amide bonds. The van der Waals surface area contributed by atoms with E-state index < -0.39 is 0 Å². The van der Waals surface area contributed by atoms with E-state index in [4.69, 9.17) is 0 Å². The van der Waals surface area contributed by atoms with Gasteiger partial charge in [0.25, 0.3) is 0 Å². The average molecular weight is 315 g/mol. The van der Waals surface area contributed by atoms with E-state index in [0.717, 1.165) is 4.47 Å². The maximum Gasteiger partial charge on any atom is 0.328 e. The number of aromatic nitrogens is 2. The molecule has 4 nitrogen and oxygen atoms in total. The minimum atomic E-state index is -0.145. The summed E-state index contributed by atoms with van der Waals surface area (Å²) >= 11 is 4.69. The van der Waals surface area contributed by atoms with Crippen LogP contribution in [-0.4, -0.2) is 14.9 Å². The number of carbonyl (C=O) groups excluding carboxylic acids is 1. The van der Waals surface area contributed by atoms with Crippen LogP contribution in [0.4, 0.5) is 0 Å². The molecular weight excluding hydrogens is 304 g/mol. The van der Waals surface area contributed by atoms with Gasteiger partial charge in [0.15, 0.2) is 5.78 Å². The molecule has 0 aliphatic rings. The van der Waals surface area contributed by atoms with Gasteiger partial charge in [-0.1, -0.05) is 0 Å².